The molecule has 11 heteroatoms. The zero-order valence-electron chi connectivity index (χ0n) is 17.7. The first-order chi connectivity index (χ1) is 16.2. The number of carbonyl (C=O) groups excluding carboxylic acids is 1. The summed E-state index contributed by atoms with van der Waals surface area (Å²) >= 11 is 13.6. The summed E-state index contributed by atoms with van der Waals surface area (Å²) in [4.78, 5) is 12.4. The van der Waals surface area contributed by atoms with Crippen LogP contribution in [0.3, 0.4) is 0 Å². The van der Waals surface area contributed by atoms with Crippen molar-refractivity contribution in [1.29, 1.82) is 0 Å². The first kappa shape index (κ1) is 26.3. The van der Waals surface area contributed by atoms with E-state index in [1.54, 1.807) is 12.1 Å². The van der Waals surface area contributed by atoms with Gasteiger partial charge in [-0.15, -0.1) is 0 Å². The van der Waals surface area contributed by atoms with E-state index < -0.39 is 34.1 Å². The fourth-order valence-corrected chi connectivity index (χ4v) is 5.76. The molecule has 0 aliphatic heterocycles. The van der Waals surface area contributed by atoms with Crippen LogP contribution in [0.4, 0.5) is 14.5 Å². The lowest BCUT2D eigenvalue weighted by molar-refractivity contribution is -0.119. The summed E-state index contributed by atoms with van der Waals surface area (Å²) in [5, 5.41) is 3.79. The predicted octanol–water partition coefficient (Wildman–Crippen LogP) is 5.52. The molecule has 0 aliphatic rings. The second-order valence-corrected chi connectivity index (χ2v) is 10.9. The maximum atomic E-state index is 13.4. The Balaban J connectivity index is 1.63. The van der Waals surface area contributed by atoms with Crippen molar-refractivity contribution in [2.24, 2.45) is 0 Å². The van der Waals surface area contributed by atoms with Crippen molar-refractivity contribution in [2.45, 2.75) is 10.6 Å². The Morgan fingerprint density at radius 3 is 2.18 bits per heavy atom. The third kappa shape index (κ3) is 7.09. The lowest BCUT2D eigenvalue weighted by Gasteiger charge is -2.24. The summed E-state index contributed by atoms with van der Waals surface area (Å²) in [5.74, 6) is -0.508. The second kappa shape index (κ2) is 11.9. The largest absolute Gasteiger partial charge is 0.354 e. The molecule has 0 radical (unpaired) electrons. The molecule has 0 unspecified atom stereocenters. The SMILES string of the molecule is O=C(CN(c1ccc(F)cc1)S(=O)(=O)c1ccc(F)cc1)NCCSCc1ccc(Cl)cc1Cl. The number of thioether (sulfide) groups is 1. The van der Waals surface area contributed by atoms with Crippen LogP contribution in [0.25, 0.3) is 0 Å². The Bertz CT molecular complexity index is 1240. The third-order valence-corrected chi connectivity index (χ3v) is 8.03. The number of nitrogens with zero attached hydrogens (tertiary/aromatic N) is 1. The maximum Gasteiger partial charge on any atom is 0.264 e. The summed E-state index contributed by atoms with van der Waals surface area (Å²) in [6, 6.07) is 14.2. The van der Waals surface area contributed by atoms with Crippen LogP contribution in [-0.4, -0.2) is 33.2 Å². The van der Waals surface area contributed by atoms with Gasteiger partial charge in [0.1, 0.15) is 18.2 Å². The van der Waals surface area contributed by atoms with Gasteiger partial charge in [-0.2, -0.15) is 11.8 Å². The average Bonchev–Trinajstić information content (AvgIpc) is 2.79. The van der Waals surface area contributed by atoms with E-state index in [1.807, 2.05) is 6.07 Å². The normalized spacial score (nSPS) is 11.3. The van der Waals surface area contributed by atoms with Crippen LogP contribution in [0, 0.1) is 11.6 Å². The maximum absolute atomic E-state index is 13.4. The van der Waals surface area contributed by atoms with Crippen LogP contribution in [0.5, 0.6) is 0 Å². The van der Waals surface area contributed by atoms with Crippen molar-refractivity contribution >= 4 is 56.6 Å². The van der Waals surface area contributed by atoms with Crippen LogP contribution in [-0.2, 0) is 20.6 Å². The lowest BCUT2D eigenvalue weighted by atomic mass is 10.2. The number of anilines is 1. The van der Waals surface area contributed by atoms with Gasteiger partial charge < -0.3 is 5.32 Å². The van der Waals surface area contributed by atoms with E-state index in [4.69, 9.17) is 23.2 Å². The molecule has 3 aromatic carbocycles. The monoisotopic (exact) mass is 544 g/mol. The summed E-state index contributed by atoms with van der Waals surface area (Å²) < 4.78 is 53.8. The van der Waals surface area contributed by atoms with Gasteiger partial charge in [-0.3, -0.25) is 9.10 Å². The highest BCUT2D eigenvalue weighted by Crippen LogP contribution is 2.25. The van der Waals surface area contributed by atoms with Gasteiger partial charge in [0.25, 0.3) is 10.0 Å². The molecular weight excluding hydrogens is 525 g/mol. The number of carbonyl (C=O) groups is 1. The van der Waals surface area contributed by atoms with Crippen molar-refractivity contribution in [2.75, 3.05) is 23.1 Å². The molecule has 0 bridgehead atoms. The number of hydrogen-bond donors (Lipinski definition) is 1. The molecule has 1 N–H and O–H groups in total. The minimum Gasteiger partial charge on any atom is -0.354 e. The molecule has 0 atom stereocenters. The summed E-state index contributed by atoms with van der Waals surface area (Å²) in [6.07, 6.45) is 0. The fourth-order valence-electron chi connectivity index (χ4n) is 2.93. The summed E-state index contributed by atoms with van der Waals surface area (Å²) in [6.45, 7) is -0.235. The molecule has 0 fully saturated rings. The molecule has 180 valence electrons. The Kier molecular flexibility index (Phi) is 9.18. The molecule has 3 rings (SSSR count). The molecule has 34 heavy (non-hydrogen) atoms. The summed E-state index contributed by atoms with van der Waals surface area (Å²) in [7, 11) is -4.21. The van der Waals surface area contributed by atoms with Crippen molar-refractivity contribution < 1.29 is 22.0 Å². The minimum absolute atomic E-state index is 0.104. The number of hydrogen-bond acceptors (Lipinski definition) is 4. The first-order valence-corrected chi connectivity index (χ1v) is 13.3. The van der Waals surface area contributed by atoms with Crippen LogP contribution >= 0.6 is 35.0 Å². The molecule has 3 aromatic rings. The van der Waals surface area contributed by atoms with E-state index in [1.165, 1.54) is 23.9 Å². The predicted molar refractivity (Wildman–Crippen MR) is 133 cm³/mol. The van der Waals surface area contributed by atoms with Gasteiger partial charge in [-0.25, -0.2) is 17.2 Å². The van der Waals surface area contributed by atoms with Gasteiger partial charge in [0.15, 0.2) is 0 Å². The van der Waals surface area contributed by atoms with Crippen LogP contribution < -0.4 is 9.62 Å². The highest BCUT2D eigenvalue weighted by atomic mass is 35.5. The molecule has 1 amide bonds. The van der Waals surface area contributed by atoms with Gasteiger partial charge >= 0.3 is 0 Å². The minimum atomic E-state index is -4.21. The van der Waals surface area contributed by atoms with E-state index >= 15 is 0 Å². The Morgan fingerprint density at radius 1 is 0.941 bits per heavy atom. The molecule has 0 aromatic heterocycles. The standard InChI is InChI=1S/C23H20Cl2F2N2O3S2/c24-17-2-1-16(22(25)13-17)15-33-12-11-28-23(30)14-29(20-7-3-18(26)4-8-20)34(31,32)21-9-5-19(27)6-10-21/h1-10,13H,11-12,14-15H2,(H,28,30). The second-order valence-electron chi connectivity index (χ2n) is 7.08. The van der Waals surface area contributed by atoms with E-state index in [9.17, 15) is 22.0 Å². The molecule has 0 heterocycles. The van der Waals surface area contributed by atoms with Gasteiger partial charge in [-0.1, -0.05) is 29.3 Å². The van der Waals surface area contributed by atoms with E-state index in [2.05, 4.69) is 5.32 Å². The third-order valence-electron chi connectivity index (χ3n) is 4.64. The highest BCUT2D eigenvalue weighted by Gasteiger charge is 2.27. The molecule has 5 nitrogen and oxygen atoms in total. The topological polar surface area (TPSA) is 66.5 Å². The van der Waals surface area contributed by atoms with Crippen LogP contribution in [0.15, 0.2) is 71.6 Å². The lowest BCUT2D eigenvalue weighted by Crippen LogP contribution is -2.41. The molecule has 0 saturated heterocycles. The number of amides is 1. The smallest absolute Gasteiger partial charge is 0.264 e. The van der Waals surface area contributed by atoms with E-state index in [0.29, 0.717) is 28.1 Å². The first-order valence-electron chi connectivity index (χ1n) is 9.99. The summed E-state index contributed by atoms with van der Waals surface area (Å²) in [5.41, 5.74) is 1.02. The molecule has 0 saturated carbocycles. The van der Waals surface area contributed by atoms with Gasteiger partial charge in [0.05, 0.1) is 10.6 Å². The van der Waals surface area contributed by atoms with E-state index in [0.717, 1.165) is 46.3 Å². The fraction of sp³-hybridized carbons (Fsp3) is 0.174. The number of sulfonamides is 1. The Morgan fingerprint density at radius 2 is 1.56 bits per heavy atom. The Labute approximate surface area is 211 Å². The van der Waals surface area contributed by atoms with Crippen molar-refractivity contribution in [3.63, 3.8) is 0 Å². The highest BCUT2D eigenvalue weighted by molar-refractivity contribution is 7.98. The van der Waals surface area contributed by atoms with Crippen molar-refractivity contribution in [3.05, 3.63) is 94.0 Å². The molecular formula is C23H20Cl2F2N2O3S2. The van der Waals surface area contributed by atoms with Crippen LogP contribution in [0.1, 0.15) is 5.56 Å². The van der Waals surface area contributed by atoms with Crippen molar-refractivity contribution in [3.8, 4) is 0 Å². The average molecular weight is 545 g/mol. The van der Waals surface area contributed by atoms with Crippen LogP contribution in [0.2, 0.25) is 10.0 Å². The zero-order valence-corrected chi connectivity index (χ0v) is 20.8. The molecule has 0 aliphatic carbocycles. The number of rotatable bonds is 10. The number of halogens is 4. The Hall–Kier alpha value is -2.33. The van der Waals surface area contributed by atoms with Gasteiger partial charge in [0.2, 0.25) is 5.91 Å². The number of benzene rings is 3. The van der Waals surface area contributed by atoms with Crippen molar-refractivity contribution in [1.82, 2.24) is 5.32 Å². The van der Waals surface area contributed by atoms with Gasteiger partial charge in [0, 0.05) is 28.1 Å². The number of nitrogens with one attached hydrogen (secondary N) is 1. The molecule has 0 spiro atoms. The van der Waals surface area contributed by atoms with Gasteiger partial charge in [-0.05, 0) is 66.2 Å². The quantitative estimate of drug-likeness (QED) is 0.341. The van der Waals surface area contributed by atoms with E-state index in [-0.39, 0.29) is 10.6 Å². The zero-order chi connectivity index (χ0) is 24.7.